The first kappa shape index (κ1) is 32.0. The lowest BCUT2D eigenvalue weighted by Gasteiger charge is -2.32. The largest absolute Gasteiger partial charge is 0.492 e. The van der Waals surface area contributed by atoms with Gasteiger partial charge in [-0.3, -0.25) is 4.79 Å². The zero-order valence-electron chi connectivity index (χ0n) is 22.3. The van der Waals surface area contributed by atoms with Crippen LogP contribution in [0.1, 0.15) is 54.1 Å². The Bertz CT molecular complexity index is 1140. The van der Waals surface area contributed by atoms with E-state index in [1.165, 1.54) is 24.0 Å². The van der Waals surface area contributed by atoms with Crippen LogP contribution in [0.3, 0.4) is 0 Å². The Morgan fingerprint density at radius 3 is 2.51 bits per heavy atom. The summed E-state index contributed by atoms with van der Waals surface area (Å²) >= 11 is 3.60. The molecule has 8 nitrogen and oxygen atoms in total. The smallest absolute Gasteiger partial charge is 0.373 e. The summed E-state index contributed by atoms with van der Waals surface area (Å²) in [6.07, 6.45) is 7.17. The highest BCUT2D eigenvalue weighted by Crippen LogP contribution is 2.30. The maximum atomic E-state index is 12.1. The predicted molar refractivity (Wildman–Crippen MR) is 150 cm³/mol. The zero-order chi connectivity index (χ0) is 28.6. The van der Waals surface area contributed by atoms with Crippen molar-refractivity contribution >= 4 is 33.8 Å². The predicted octanol–water partition coefficient (Wildman–Crippen LogP) is 5.37. The van der Waals surface area contributed by atoms with Crippen molar-refractivity contribution in [2.24, 2.45) is 5.92 Å². The van der Waals surface area contributed by atoms with Crippen molar-refractivity contribution in [1.29, 1.82) is 0 Å². The van der Waals surface area contributed by atoms with Crippen LogP contribution in [0.4, 0.5) is 0 Å². The summed E-state index contributed by atoms with van der Waals surface area (Å²) in [4.78, 5) is 40.2. The summed E-state index contributed by atoms with van der Waals surface area (Å²) in [6, 6.07) is 12.6. The van der Waals surface area contributed by atoms with Gasteiger partial charge in [-0.15, -0.1) is 0 Å². The molecule has 0 aromatic heterocycles. The standard InChI is InChI=1S/C26H32BrNO3.C3H4O2.CO2/c1-2-14-30-26-18-21(3-5-23(26)27)16-20-8-12-28(13-9-20)11-7-19-4-6-25-22(17-19)24(29)10-15-31-25;1-2-3(4)5;2-1-3/h3-6,17-18,20H,2,7-16H2,1H3;2H,1H2,(H,4,5);. The SMILES string of the molecule is C=CC(=O)O.CCCOc1cc(CC2CCN(CCc3ccc4c(c3)C(=O)CCO4)CC2)ccc1Br.O=C=O. The molecule has 2 aliphatic rings. The van der Waals surface area contributed by atoms with Crippen LogP contribution < -0.4 is 9.47 Å². The minimum Gasteiger partial charge on any atom is -0.492 e. The second-order valence-corrected chi connectivity index (χ2v) is 10.2. The number of hydrogen-bond acceptors (Lipinski definition) is 7. The quantitative estimate of drug-likeness (QED) is 0.382. The van der Waals surface area contributed by atoms with E-state index in [1.54, 1.807) is 0 Å². The van der Waals surface area contributed by atoms with Gasteiger partial charge in [-0.05, 0) is 102 Å². The molecule has 2 aromatic rings. The highest BCUT2D eigenvalue weighted by atomic mass is 79.9. The molecule has 2 heterocycles. The molecule has 0 aliphatic carbocycles. The molecule has 210 valence electrons. The van der Waals surface area contributed by atoms with E-state index in [9.17, 15) is 9.59 Å². The van der Waals surface area contributed by atoms with E-state index in [-0.39, 0.29) is 11.9 Å². The van der Waals surface area contributed by atoms with Crippen molar-refractivity contribution in [2.45, 2.75) is 45.4 Å². The monoisotopic (exact) mass is 601 g/mol. The Morgan fingerprint density at radius 2 is 1.87 bits per heavy atom. The van der Waals surface area contributed by atoms with Gasteiger partial charge in [-0.25, -0.2) is 4.79 Å². The Hall–Kier alpha value is -3.26. The molecule has 0 saturated carbocycles. The van der Waals surface area contributed by atoms with Gasteiger partial charge in [-0.2, -0.15) is 9.59 Å². The van der Waals surface area contributed by atoms with Crippen LogP contribution in [0.15, 0.2) is 53.5 Å². The van der Waals surface area contributed by atoms with Gasteiger partial charge >= 0.3 is 12.1 Å². The third-order valence-corrected chi connectivity index (χ3v) is 7.17. The lowest BCUT2D eigenvalue weighted by atomic mass is 9.90. The number of ketones is 1. The number of halogens is 1. The van der Waals surface area contributed by atoms with Crippen molar-refractivity contribution in [2.75, 3.05) is 32.8 Å². The fourth-order valence-electron chi connectivity index (χ4n) is 4.50. The summed E-state index contributed by atoms with van der Waals surface area (Å²) in [6.45, 7) is 9.70. The summed E-state index contributed by atoms with van der Waals surface area (Å²) in [7, 11) is 0. The van der Waals surface area contributed by atoms with Crippen LogP contribution in [0.25, 0.3) is 0 Å². The van der Waals surface area contributed by atoms with E-state index < -0.39 is 5.97 Å². The Labute approximate surface area is 238 Å². The van der Waals surface area contributed by atoms with E-state index in [2.05, 4.69) is 58.6 Å². The molecule has 0 amide bonds. The molecule has 39 heavy (non-hydrogen) atoms. The van der Waals surface area contributed by atoms with Crippen molar-refractivity contribution < 1.29 is 33.8 Å². The molecular formula is C30H36BrNO7. The van der Waals surface area contributed by atoms with Gasteiger partial charge in [0, 0.05) is 19.0 Å². The maximum absolute atomic E-state index is 12.1. The van der Waals surface area contributed by atoms with Gasteiger partial charge in [-0.1, -0.05) is 25.6 Å². The van der Waals surface area contributed by atoms with Crippen molar-refractivity contribution in [1.82, 2.24) is 4.90 Å². The molecule has 9 heteroatoms. The second-order valence-electron chi connectivity index (χ2n) is 9.33. The van der Waals surface area contributed by atoms with Crippen LogP contribution in [0.2, 0.25) is 0 Å². The minimum atomic E-state index is -0.981. The maximum Gasteiger partial charge on any atom is 0.373 e. The van der Waals surface area contributed by atoms with Crippen LogP contribution in [-0.2, 0) is 27.2 Å². The molecule has 0 atom stereocenters. The summed E-state index contributed by atoms with van der Waals surface area (Å²) in [5.74, 6) is 1.67. The summed E-state index contributed by atoms with van der Waals surface area (Å²) < 4.78 is 12.5. The Morgan fingerprint density at radius 1 is 1.21 bits per heavy atom. The normalized spacial score (nSPS) is 14.8. The summed E-state index contributed by atoms with van der Waals surface area (Å²) in [5.41, 5.74) is 3.36. The molecule has 0 spiro atoms. The molecule has 1 N–H and O–H groups in total. The third kappa shape index (κ3) is 11.2. The number of fused-ring (bicyclic) bond motifs is 1. The number of rotatable bonds is 9. The van der Waals surface area contributed by atoms with Crippen molar-refractivity contribution in [3.63, 3.8) is 0 Å². The molecule has 2 aromatic carbocycles. The Kier molecular flexibility index (Phi) is 14.2. The molecule has 1 saturated heterocycles. The van der Waals surface area contributed by atoms with Crippen LogP contribution in [0.5, 0.6) is 11.5 Å². The molecule has 4 rings (SSSR count). The van der Waals surface area contributed by atoms with E-state index in [0.717, 1.165) is 79.0 Å². The number of likely N-dealkylation sites (tertiary alicyclic amines) is 1. The third-order valence-electron chi connectivity index (χ3n) is 6.51. The minimum absolute atomic E-state index is 0.208. The molecule has 0 unspecified atom stereocenters. The average Bonchev–Trinajstić information content (AvgIpc) is 2.94. The lowest BCUT2D eigenvalue weighted by molar-refractivity contribution is -0.191. The number of carboxylic acids is 1. The topological polar surface area (TPSA) is 110 Å². The average molecular weight is 603 g/mol. The molecular weight excluding hydrogens is 566 g/mol. The molecule has 2 aliphatic heterocycles. The number of aliphatic carboxylic acids is 1. The van der Waals surface area contributed by atoms with Gasteiger partial charge in [0.05, 0.1) is 23.2 Å². The van der Waals surface area contributed by atoms with E-state index in [1.807, 2.05) is 12.1 Å². The van der Waals surface area contributed by atoms with Crippen molar-refractivity contribution in [3.05, 3.63) is 70.2 Å². The molecule has 0 bridgehead atoms. The van der Waals surface area contributed by atoms with Gasteiger partial charge in [0.15, 0.2) is 5.78 Å². The first-order chi connectivity index (χ1) is 18.8. The number of benzene rings is 2. The number of carboxylic acid groups (broad SMARTS) is 1. The fraction of sp³-hybridized carbons (Fsp3) is 0.433. The van der Waals surface area contributed by atoms with Crippen molar-refractivity contribution in [3.8, 4) is 11.5 Å². The van der Waals surface area contributed by atoms with Crippen LogP contribution in [0, 0.1) is 5.92 Å². The first-order valence-electron chi connectivity index (χ1n) is 13.1. The van der Waals surface area contributed by atoms with E-state index >= 15 is 0 Å². The highest BCUT2D eigenvalue weighted by molar-refractivity contribution is 9.10. The van der Waals surface area contributed by atoms with Gasteiger partial charge < -0.3 is 19.5 Å². The molecule has 1 fully saturated rings. The summed E-state index contributed by atoms with van der Waals surface area (Å²) in [5, 5.41) is 7.60. The number of hydrogen-bond donors (Lipinski definition) is 1. The number of Topliss-reactive ketones (excluding diaryl/α,β-unsaturated/α-hetero) is 1. The highest BCUT2D eigenvalue weighted by Gasteiger charge is 2.21. The number of carbonyl (C=O) groups excluding carboxylic acids is 3. The zero-order valence-corrected chi connectivity index (χ0v) is 23.9. The number of ether oxygens (including phenoxy) is 2. The number of piperidine rings is 1. The number of nitrogens with zero attached hydrogens (tertiary/aromatic N) is 1. The Balaban J connectivity index is 0.000000590. The first-order valence-corrected chi connectivity index (χ1v) is 13.9. The van der Waals surface area contributed by atoms with E-state index in [4.69, 9.17) is 24.2 Å². The molecule has 0 radical (unpaired) electrons. The van der Waals surface area contributed by atoms with Gasteiger partial charge in [0.1, 0.15) is 11.5 Å². The van der Waals surface area contributed by atoms with Gasteiger partial charge in [0.25, 0.3) is 0 Å². The van der Waals surface area contributed by atoms with E-state index in [0.29, 0.717) is 13.0 Å². The lowest BCUT2D eigenvalue weighted by Crippen LogP contribution is -2.35. The fourth-order valence-corrected chi connectivity index (χ4v) is 4.86. The number of carbonyl (C=O) groups is 2. The van der Waals surface area contributed by atoms with Crippen LogP contribution >= 0.6 is 15.9 Å². The second kappa shape index (κ2) is 17.4. The van der Waals surface area contributed by atoms with Gasteiger partial charge in [0.2, 0.25) is 0 Å². The van der Waals surface area contributed by atoms with Crippen LogP contribution in [-0.4, -0.2) is 60.8 Å².